The Morgan fingerprint density at radius 2 is 1.70 bits per heavy atom. The number of amides is 1. The van der Waals surface area contributed by atoms with Gasteiger partial charge in [0, 0.05) is 37.6 Å². The zero-order valence-corrected chi connectivity index (χ0v) is 17.6. The molecule has 0 bridgehead atoms. The van der Waals surface area contributed by atoms with Gasteiger partial charge in [0.05, 0.1) is 16.5 Å². The summed E-state index contributed by atoms with van der Waals surface area (Å²) in [7, 11) is 0. The lowest BCUT2D eigenvalue weighted by atomic mass is 9.91. The molecule has 5 rings (SSSR count). The number of thiophene rings is 1. The molecule has 2 aromatic carbocycles. The second-order valence-electron chi connectivity index (χ2n) is 8.00. The number of benzene rings is 2. The Bertz CT molecular complexity index is 1120. The summed E-state index contributed by atoms with van der Waals surface area (Å²) in [6, 6.07) is 20.6. The van der Waals surface area contributed by atoms with E-state index in [0.717, 1.165) is 50.4 Å². The van der Waals surface area contributed by atoms with E-state index in [1.165, 1.54) is 27.1 Å². The molecule has 0 unspecified atom stereocenters. The number of hydrogen-bond acceptors (Lipinski definition) is 4. The van der Waals surface area contributed by atoms with Crippen LogP contribution < -0.4 is 0 Å². The summed E-state index contributed by atoms with van der Waals surface area (Å²) in [4.78, 5) is 19.7. The van der Waals surface area contributed by atoms with Crippen LogP contribution in [0.3, 0.4) is 0 Å². The molecule has 2 aliphatic rings. The van der Waals surface area contributed by atoms with Crippen LogP contribution in [0.15, 0.2) is 54.6 Å². The number of rotatable bonds is 3. The highest BCUT2D eigenvalue weighted by Gasteiger charge is 2.26. The first-order chi connectivity index (χ1) is 14.7. The Morgan fingerprint density at radius 3 is 2.47 bits per heavy atom. The molecule has 1 fully saturated rings. The van der Waals surface area contributed by atoms with E-state index in [9.17, 15) is 4.79 Å². The number of carbonyl (C=O) groups is 1. The first kappa shape index (κ1) is 19.0. The predicted octanol–water partition coefficient (Wildman–Crippen LogP) is 4.34. The number of hydrogen-bond donors (Lipinski definition) is 0. The number of nitriles is 1. The third-order valence-electron chi connectivity index (χ3n) is 6.09. The zero-order chi connectivity index (χ0) is 20.5. The standard InChI is InChI=1S/C25H23N3OS/c26-16-18-5-7-19(8-6-18)17-27-11-13-28(14-12-27)25(29)23-15-21-10-9-20-3-1-2-4-22(20)24(21)30-23/h1-8,15H,9-14,17H2. The molecule has 1 saturated heterocycles. The molecule has 4 nitrogen and oxygen atoms in total. The van der Waals surface area contributed by atoms with Gasteiger partial charge in [0.25, 0.3) is 5.91 Å². The fourth-order valence-corrected chi connectivity index (χ4v) is 5.62. The number of carbonyl (C=O) groups excluding carboxylic acids is 1. The van der Waals surface area contributed by atoms with Crippen LogP contribution >= 0.6 is 11.3 Å². The molecule has 3 aromatic rings. The molecule has 0 spiro atoms. The van der Waals surface area contributed by atoms with Crippen LogP contribution in [0.25, 0.3) is 10.4 Å². The van der Waals surface area contributed by atoms with Gasteiger partial charge in [-0.05, 0) is 53.3 Å². The first-order valence-corrected chi connectivity index (χ1v) is 11.2. The minimum absolute atomic E-state index is 0.171. The van der Waals surface area contributed by atoms with Gasteiger partial charge in [0.2, 0.25) is 0 Å². The Balaban J connectivity index is 1.23. The molecule has 2 heterocycles. The maximum atomic E-state index is 13.2. The Kier molecular flexibility index (Phi) is 5.12. The molecule has 0 atom stereocenters. The average Bonchev–Trinajstić information content (AvgIpc) is 3.25. The normalized spacial score (nSPS) is 15.9. The van der Waals surface area contributed by atoms with Gasteiger partial charge < -0.3 is 4.90 Å². The lowest BCUT2D eigenvalue weighted by Gasteiger charge is -2.34. The van der Waals surface area contributed by atoms with Crippen LogP contribution in [0.4, 0.5) is 0 Å². The summed E-state index contributed by atoms with van der Waals surface area (Å²) in [5.74, 6) is 0.171. The topological polar surface area (TPSA) is 47.3 Å². The molecule has 1 aromatic heterocycles. The van der Waals surface area contributed by atoms with Crippen molar-refractivity contribution < 1.29 is 4.79 Å². The summed E-state index contributed by atoms with van der Waals surface area (Å²) >= 11 is 1.66. The molecule has 1 aliphatic carbocycles. The van der Waals surface area contributed by atoms with E-state index >= 15 is 0 Å². The molecule has 0 saturated carbocycles. The number of fused-ring (bicyclic) bond motifs is 3. The highest BCUT2D eigenvalue weighted by molar-refractivity contribution is 7.17. The van der Waals surface area contributed by atoms with E-state index in [2.05, 4.69) is 41.3 Å². The van der Waals surface area contributed by atoms with Gasteiger partial charge in [-0.3, -0.25) is 9.69 Å². The van der Waals surface area contributed by atoms with Crippen LogP contribution in [0, 0.1) is 11.3 Å². The molecule has 1 aliphatic heterocycles. The van der Waals surface area contributed by atoms with Crippen LogP contribution in [0.1, 0.15) is 31.9 Å². The zero-order valence-electron chi connectivity index (χ0n) is 16.8. The van der Waals surface area contributed by atoms with E-state index in [1.807, 2.05) is 29.2 Å². The van der Waals surface area contributed by atoms with Crippen molar-refractivity contribution in [1.82, 2.24) is 9.80 Å². The maximum absolute atomic E-state index is 13.2. The smallest absolute Gasteiger partial charge is 0.264 e. The summed E-state index contributed by atoms with van der Waals surface area (Å²) < 4.78 is 0. The number of piperazine rings is 1. The monoisotopic (exact) mass is 413 g/mol. The van der Waals surface area contributed by atoms with Crippen LogP contribution in [-0.2, 0) is 19.4 Å². The van der Waals surface area contributed by atoms with E-state index < -0.39 is 0 Å². The summed E-state index contributed by atoms with van der Waals surface area (Å²) in [5.41, 5.74) is 5.91. The van der Waals surface area contributed by atoms with Gasteiger partial charge >= 0.3 is 0 Å². The van der Waals surface area contributed by atoms with Crippen molar-refractivity contribution >= 4 is 17.2 Å². The highest BCUT2D eigenvalue weighted by atomic mass is 32.1. The predicted molar refractivity (Wildman–Crippen MR) is 120 cm³/mol. The minimum Gasteiger partial charge on any atom is -0.335 e. The molecule has 150 valence electrons. The molecule has 0 radical (unpaired) electrons. The largest absolute Gasteiger partial charge is 0.335 e. The van der Waals surface area contributed by atoms with Gasteiger partial charge in [-0.25, -0.2) is 0 Å². The summed E-state index contributed by atoms with van der Waals surface area (Å²) in [6.07, 6.45) is 2.08. The number of nitrogens with zero attached hydrogens (tertiary/aromatic N) is 3. The second kappa shape index (κ2) is 8.06. The molecular formula is C25H23N3OS. The Morgan fingerprint density at radius 1 is 0.967 bits per heavy atom. The fraction of sp³-hybridized carbons (Fsp3) is 0.280. The lowest BCUT2D eigenvalue weighted by Crippen LogP contribution is -2.48. The van der Waals surface area contributed by atoms with E-state index in [1.54, 1.807) is 11.3 Å². The third-order valence-corrected chi connectivity index (χ3v) is 7.29. The van der Waals surface area contributed by atoms with Crippen molar-refractivity contribution in [1.29, 1.82) is 5.26 Å². The van der Waals surface area contributed by atoms with Crippen molar-refractivity contribution in [3.05, 3.63) is 81.7 Å². The van der Waals surface area contributed by atoms with Crippen molar-refractivity contribution in [2.24, 2.45) is 0 Å². The van der Waals surface area contributed by atoms with Gasteiger partial charge in [-0.1, -0.05) is 36.4 Å². The Labute approximate surface area is 181 Å². The minimum atomic E-state index is 0.171. The lowest BCUT2D eigenvalue weighted by molar-refractivity contribution is 0.0633. The maximum Gasteiger partial charge on any atom is 0.264 e. The van der Waals surface area contributed by atoms with Gasteiger partial charge in [-0.2, -0.15) is 5.26 Å². The van der Waals surface area contributed by atoms with Crippen LogP contribution in [-0.4, -0.2) is 41.9 Å². The molecule has 30 heavy (non-hydrogen) atoms. The molecule has 5 heteroatoms. The fourth-order valence-electron chi connectivity index (χ4n) is 4.38. The Hall–Kier alpha value is -2.94. The van der Waals surface area contributed by atoms with Crippen molar-refractivity contribution in [3.63, 3.8) is 0 Å². The molecule has 0 N–H and O–H groups in total. The van der Waals surface area contributed by atoms with E-state index in [-0.39, 0.29) is 5.91 Å². The summed E-state index contributed by atoms with van der Waals surface area (Å²) in [6.45, 7) is 4.12. The van der Waals surface area contributed by atoms with Gasteiger partial charge in [-0.15, -0.1) is 11.3 Å². The van der Waals surface area contributed by atoms with Crippen molar-refractivity contribution in [2.75, 3.05) is 26.2 Å². The van der Waals surface area contributed by atoms with E-state index in [0.29, 0.717) is 5.56 Å². The van der Waals surface area contributed by atoms with Gasteiger partial charge in [0.1, 0.15) is 0 Å². The van der Waals surface area contributed by atoms with Crippen molar-refractivity contribution in [2.45, 2.75) is 19.4 Å². The first-order valence-electron chi connectivity index (χ1n) is 10.4. The SMILES string of the molecule is N#Cc1ccc(CN2CCN(C(=O)c3cc4c(s3)-c3ccccc3CC4)CC2)cc1. The highest BCUT2D eigenvalue weighted by Crippen LogP contribution is 2.39. The number of aryl methyl sites for hydroxylation is 2. The third kappa shape index (κ3) is 3.65. The van der Waals surface area contributed by atoms with E-state index in [4.69, 9.17) is 5.26 Å². The van der Waals surface area contributed by atoms with Crippen LogP contribution in [0.5, 0.6) is 0 Å². The van der Waals surface area contributed by atoms with Crippen molar-refractivity contribution in [3.8, 4) is 16.5 Å². The second-order valence-corrected chi connectivity index (χ2v) is 9.05. The van der Waals surface area contributed by atoms with Gasteiger partial charge in [0.15, 0.2) is 0 Å². The summed E-state index contributed by atoms with van der Waals surface area (Å²) in [5, 5.41) is 8.93. The molecule has 1 amide bonds. The average molecular weight is 414 g/mol. The molecular weight excluding hydrogens is 390 g/mol. The quantitative estimate of drug-likeness (QED) is 0.642. The van der Waals surface area contributed by atoms with Crippen LogP contribution in [0.2, 0.25) is 0 Å².